The number of hydrogen-bond acceptors (Lipinski definition) is 4. The largest absolute Gasteiger partial charge is 0.497 e. The summed E-state index contributed by atoms with van der Waals surface area (Å²) in [4.78, 5) is 16.0. The van der Waals surface area contributed by atoms with Gasteiger partial charge in [0.15, 0.2) is 0 Å². The van der Waals surface area contributed by atoms with Gasteiger partial charge in [0.1, 0.15) is 16.6 Å². The first kappa shape index (κ1) is 16.3. The Labute approximate surface area is 133 Å². The fourth-order valence-electron chi connectivity index (χ4n) is 1.98. The van der Waals surface area contributed by atoms with Gasteiger partial charge < -0.3 is 15.2 Å². The Morgan fingerprint density at radius 2 is 1.95 bits per heavy atom. The third-order valence-electron chi connectivity index (χ3n) is 3.24. The van der Waals surface area contributed by atoms with E-state index >= 15 is 0 Å². The normalized spacial score (nSPS) is 13.3. The molecular formula is C16H17ClN2O3. The van der Waals surface area contributed by atoms with Gasteiger partial charge in [-0.1, -0.05) is 29.8 Å². The summed E-state index contributed by atoms with van der Waals surface area (Å²) in [6.45, 7) is 1.72. The van der Waals surface area contributed by atoms with Crippen molar-refractivity contribution in [1.29, 1.82) is 0 Å². The molecule has 5 nitrogen and oxygen atoms in total. The SMILES string of the molecule is COc1ccc(C(O)C(C)NC(=O)c2cccc(Cl)n2)cc1. The van der Waals surface area contributed by atoms with Crippen molar-refractivity contribution in [2.75, 3.05) is 7.11 Å². The first-order chi connectivity index (χ1) is 10.5. The van der Waals surface area contributed by atoms with Gasteiger partial charge in [-0.2, -0.15) is 0 Å². The number of aliphatic hydroxyl groups is 1. The van der Waals surface area contributed by atoms with E-state index in [0.717, 1.165) is 0 Å². The molecule has 0 saturated carbocycles. The maximum Gasteiger partial charge on any atom is 0.270 e. The molecule has 2 N–H and O–H groups in total. The van der Waals surface area contributed by atoms with Crippen molar-refractivity contribution in [2.24, 2.45) is 0 Å². The van der Waals surface area contributed by atoms with Crippen LogP contribution < -0.4 is 10.1 Å². The summed E-state index contributed by atoms with van der Waals surface area (Å²) >= 11 is 5.76. The standard InChI is InChI=1S/C16H17ClN2O3/c1-10(15(20)11-6-8-12(22-2)9-7-11)18-16(21)13-4-3-5-14(17)19-13/h3-10,15,20H,1-2H3,(H,18,21). The summed E-state index contributed by atoms with van der Waals surface area (Å²) in [5.41, 5.74) is 0.897. The highest BCUT2D eigenvalue weighted by molar-refractivity contribution is 6.29. The van der Waals surface area contributed by atoms with Crippen LogP contribution >= 0.6 is 11.6 Å². The second kappa shape index (κ2) is 7.24. The number of carbonyl (C=O) groups excluding carboxylic acids is 1. The molecule has 0 aliphatic rings. The summed E-state index contributed by atoms with van der Waals surface area (Å²) in [5, 5.41) is 13.3. The van der Waals surface area contributed by atoms with Crippen LogP contribution in [0, 0.1) is 0 Å². The van der Waals surface area contributed by atoms with Crippen molar-refractivity contribution in [1.82, 2.24) is 10.3 Å². The average Bonchev–Trinajstić information content (AvgIpc) is 2.54. The average molecular weight is 321 g/mol. The highest BCUT2D eigenvalue weighted by Crippen LogP contribution is 2.20. The lowest BCUT2D eigenvalue weighted by Crippen LogP contribution is -2.37. The number of aromatic nitrogens is 1. The van der Waals surface area contributed by atoms with Gasteiger partial charge in [0, 0.05) is 0 Å². The fourth-order valence-corrected chi connectivity index (χ4v) is 2.15. The quantitative estimate of drug-likeness (QED) is 0.831. The van der Waals surface area contributed by atoms with Crippen molar-refractivity contribution >= 4 is 17.5 Å². The van der Waals surface area contributed by atoms with Gasteiger partial charge in [-0.05, 0) is 36.8 Å². The minimum atomic E-state index is -0.839. The van der Waals surface area contributed by atoms with E-state index < -0.39 is 12.1 Å². The van der Waals surface area contributed by atoms with Crippen molar-refractivity contribution in [3.63, 3.8) is 0 Å². The zero-order valence-corrected chi connectivity index (χ0v) is 13.0. The predicted molar refractivity (Wildman–Crippen MR) is 84.1 cm³/mol. The molecule has 0 saturated heterocycles. The van der Waals surface area contributed by atoms with Crippen LogP contribution in [-0.4, -0.2) is 29.1 Å². The molecule has 2 atom stereocenters. The van der Waals surface area contributed by atoms with E-state index in [-0.39, 0.29) is 16.8 Å². The zero-order valence-electron chi connectivity index (χ0n) is 12.3. The molecule has 0 fully saturated rings. The highest BCUT2D eigenvalue weighted by Gasteiger charge is 2.19. The number of hydrogen-bond donors (Lipinski definition) is 2. The maximum absolute atomic E-state index is 12.1. The van der Waals surface area contributed by atoms with E-state index in [4.69, 9.17) is 16.3 Å². The van der Waals surface area contributed by atoms with Crippen molar-refractivity contribution in [3.05, 3.63) is 58.9 Å². The summed E-state index contributed by atoms with van der Waals surface area (Å²) in [7, 11) is 1.58. The van der Waals surface area contributed by atoms with Crippen LogP contribution in [0.3, 0.4) is 0 Å². The number of pyridine rings is 1. The molecule has 2 unspecified atom stereocenters. The Morgan fingerprint density at radius 1 is 1.27 bits per heavy atom. The first-order valence-corrected chi connectivity index (χ1v) is 7.14. The van der Waals surface area contributed by atoms with Gasteiger partial charge in [-0.25, -0.2) is 4.98 Å². The molecule has 6 heteroatoms. The van der Waals surface area contributed by atoms with Crippen LogP contribution in [0.15, 0.2) is 42.5 Å². The number of nitrogens with zero attached hydrogens (tertiary/aromatic N) is 1. The summed E-state index contributed by atoms with van der Waals surface area (Å²) in [6, 6.07) is 11.3. The van der Waals surface area contributed by atoms with Crippen LogP contribution in [0.5, 0.6) is 5.75 Å². The van der Waals surface area contributed by atoms with Gasteiger partial charge in [0.25, 0.3) is 5.91 Å². The van der Waals surface area contributed by atoms with E-state index in [1.165, 1.54) is 0 Å². The minimum absolute atomic E-state index is 0.210. The Kier molecular flexibility index (Phi) is 5.35. The first-order valence-electron chi connectivity index (χ1n) is 6.76. The number of methoxy groups -OCH3 is 1. The Hall–Kier alpha value is -2.11. The molecule has 0 spiro atoms. The Bertz CT molecular complexity index is 646. The third kappa shape index (κ3) is 3.96. The lowest BCUT2D eigenvalue weighted by atomic mass is 10.0. The Morgan fingerprint density at radius 3 is 2.55 bits per heavy atom. The minimum Gasteiger partial charge on any atom is -0.497 e. The molecule has 2 rings (SSSR count). The molecular weight excluding hydrogens is 304 g/mol. The molecule has 1 amide bonds. The number of halogens is 1. The zero-order chi connectivity index (χ0) is 16.1. The molecule has 0 radical (unpaired) electrons. The molecule has 1 aromatic carbocycles. The number of ether oxygens (including phenoxy) is 1. The predicted octanol–water partition coefficient (Wildman–Crippen LogP) is 2.60. The lowest BCUT2D eigenvalue weighted by Gasteiger charge is -2.20. The van der Waals surface area contributed by atoms with Crippen LogP contribution in [-0.2, 0) is 0 Å². The molecule has 0 aliphatic carbocycles. The van der Waals surface area contributed by atoms with E-state index in [1.807, 2.05) is 0 Å². The van der Waals surface area contributed by atoms with E-state index in [2.05, 4.69) is 10.3 Å². The smallest absolute Gasteiger partial charge is 0.270 e. The third-order valence-corrected chi connectivity index (χ3v) is 3.45. The summed E-state index contributed by atoms with van der Waals surface area (Å²) in [6.07, 6.45) is -0.839. The van der Waals surface area contributed by atoms with Crippen LogP contribution in [0.1, 0.15) is 29.1 Å². The van der Waals surface area contributed by atoms with Gasteiger partial charge in [-0.3, -0.25) is 4.79 Å². The maximum atomic E-state index is 12.1. The van der Waals surface area contributed by atoms with Gasteiger partial charge in [0.05, 0.1) is 19.3 Å². The summed E-state index contributed by atoms with van der Waals surface area (Å²) < 4.78 is 5.07. The number of benzene rings is 1. The number of amides is 1. The number of nitrogens with one attached hydrogen (secondary N) is 1. The van der Waals surface area contributed by atoms with Crippen LogP contribution in [0.2, 0.25) is 5.15 Å². The molecule has 0 bridgehead atoms. The summed E-state index contributed by atoms with van der Waals surface area (Å²) in [5.74, 6) is 0.318. The monoisotopic (exact) mass is 320 g/mol. The van der Waals surface area contributed by atoms with Crippen LogP contribution in [0.25, 0.3) is 0 Å². The molecule has 1 aromatic heterocycles. The van der Waals surface area contributed by atoms with E-state index in [0.29, 0.717) is 11.3 Å². The Balaban J connectivity index is 2.04. The van der Waals surface area contributed by atoms with Crippen molar-refractivity contribution in [3.8, 4) is 5.75 Å². The van der Waals surface area contributed by atoms with Gasteiger partial charge in [0.2, 0.25) is 0 Å². The second-order valence-electron chi connectivity index (χ2n) is 4.83. The second-order valence-corrected chi connectivity index (χ2v) is 5.21. The fraction of sp³-hybridized carbons (Fsp3) is 0.250. The molecule has 1 heterocycles. The molecule has 0 aliphatic heterocycles. The van der Waals surface area contributed by atoms with Gasteiger partial charge >= 0.3 is 0 Å². The van der Waals surface area contributed by atoms with Crippen LogP contribution in [0.4, 0.5) is 0 Å². The number of rotatable bonds is 5. The molecule has 22 heavy (non-hydrogen) atoms. The topological polar surface area (TPSA) is 71.5 Å². The van der Waals surface area contributed by atoms with Gasteiger partial charge in [-0.15, -0.1) is 0 Å². The number of aliphatic hydroxyl groups excluding tert-OH is 1. The highest BCUT2D eigenvalue weighted by atomic mass is 35.5. The van der Waals surface area contributed by atoms with Crippen molar-refractivity contribution < 1.29 is 14.6 Å². The lowest BCUT2D eigenvalue weighted by molar-refractivity contribution is 0.0847. The molecule has 2 aromatic rings. The van der Waals surface area contributed by atoms with E-state index in [1.54, 1.807) is 56.5 Å². The molecule has 116 valence electrons. The van der Waals surface area contributed by atoms with Crippen molar-refractivity contribution in [2.45, 2.75) is 19.1 Å². The van der Waals surface area contributed by atoms with E-state index in [9.17, 15) is 9.90 Å². The number of carbonyl (C=O) groups is 1.